The first kappa shape index (κ1) is 15.0. The summed E-state index contributed by atoms with van der Waals surface area (Å²) >= 11 is 0. The third-order valence-electron chi connectivity index (χ3n) is 3.18. The SMILES string of the molecule is CCCC(CCO)CNCc1ccccc1OC. The predicted octanol–water partition coefficient (Wildman–Crippen LogP) is 2.58. The van der Waals surface area contributed by atoms with Crippen molar-refractivity contribution >= 4 is 0 Å². The highest BCUT2D eigenvalue weighted by atomic mass is 16.5. The van der Waals surface area contributed by atoms with E-state index in [9.17, 15) is 0 Å². The molecule has 0 bridgehead atoms. The van der Waals surface area contributed by atoms with Crippen LogP contribution in [-0.4, -0.2) is 25.4 Å². The lowest BCUT2D eigenvalue weighted by atomic mass is 10.00. The molecule has 0 spiro atoms. The minimum atomic E-state index is 0.279. The zero-order valence-corrected chi connectivity index (χ0v) is 11.5. The Balaban J connectivity index is 2.39. The minimum absolute atomic E-state index is 0.279. The van der Waals surface area contributed by atoms with E-state index in [-0.39, 0.29) is 6.61 Å². The zero-order chi connectivity index (χ0) is 13.2. The number of ether oxygens (including phenoxy) is 1. The molecule has 0 aliphatic rings. The van der Waals surface area contributed by atoms with Gasteiger partial charge in [-0.25, -0.2) is 0 Å². The van der Waals surface area contributed by atoms with Crippen LogP contribution >= 0.6 is 0 Å². The van der Waals surface area contributed by atoms with Gasteiger partial charge in [-0.05, 0) is 31.4 Å². The zero-order valence-electron chi connectivity index (χ0n) is 11.5. The second-order valence-electron chi connectivity index (χ2n) is 4.61. The maximum atomic E-state index is 9.01. The summed E-state index contributed by atoms with van der Waals surface area (Å²) in [5.41, 5.74) is 1.18. The van der Waals surface area contributed by atoms with E-state index in [1.807, 2.05) is 18.2 Å². The largest absolute Gasteiger partial charge is 0.496 e. The van der Waals surface area contributed by atoms with Crippen molar-refractivity contribution in [1.82, 2.24) is 5.32 Å². The Bertz CT molecular complexity index is 322. The Morgan fingerprint density at radius 1 is 1.28 bits per heavy atom. The number of aliphatic hydroxyl groups is 1. The summed E-state index contributed by atoms with van der Waals surface area (Å²) in [6, 6.07) is 8.06. The van der Waals surface area contributed by atoms with E-state index >= 15 is 0 Å². The molecule has 1 aromatic carbocycles. The molecule has 1 aromatic rings. The predicted molar refractivity (Wildman–Crippen MR) is 74.8 cm³/mol. The molecule has 3 nitrogen and oxygen atoms in total. The van der Waals surface area contributed by atoms with Crippen molar-refractivity contribution < 1.29 is 9.84 Å². The Morgan fingerprint density at radius 3 is 2.72 bits per heavy atom. The van der Waals surface area contributed by atoms with Gasteiger partial charge in [0.2, 0.25) is 0 Å². The van der Waals surface area contributed by atoms with Crippen LogP contribution in [0.25, 0.3) is 0 Å². The van der Waals surface area contributed by atoms with Crippen molar-refractivity contribution in [1.29, 1.82) is 0 Å². The van der Waals surface area contributed by atoms with E-state index in [0.29, 0.717) is 5.92 Å². The Kier molecular flexibility index (Phi) is 7.46. The summed E-state index contributed by atoms with van der Waals surface area (Å²) in [7, 11) is 1.70. The van der Waals surface area contributed by atoms with E-state index in [1.165, 1.54) is 18.4 Å². The van der Waals surface area contributed by atoms with Gasteiger partial charge in [0.1, 0.15) is 5.75 Å². The summed E-state index contributed by atoms with van der Waals surface area (Å²) < 4.78 is 5.32. The lowest BCUT2D eigenvalue weighted by molar-refractivity contribution is 0.248. The molecule has 2 N–H and O–H groups in total. The molecule has 0 amide bonds. The summed E-state index contributed by atoms with van der Waals surface area (Å²) in [6.45, 7) is 4.23. The molecule has 0 aliphatic heterocycles. The second kappa shape index (κ2) is 8.95. The molecule has 0 aromatic heterocycles. The van der Waals surface area contributed by atoms with E-state index < -0.39 is 0 Å². The quantitative estimate of drug-likeness (QED) is 0.709. The normalized spacial score (nSPS) is 12.4. The fraction of sp³-hybridized carbons (Fsp3) is 0.600. The van der Waals surface area contributed by atoms with Crippen molar-refractivity contribution in [2.45, 2.75) is 32.7 Å². The lowest BCUT2D eigenvalue weighted by Gasteiger charge is -2.16. The van der Waals surface area contributed by atoms with Crippen LogP contribution in [0.5, 0.6) is 5.75 Å². The van der Waals surface area contributed by atoms with Crippen molar-refractivity contribution in [2.75, 3.05) is 20.3 Å². The van der Waals surface area contributed by atoms with Gasteiger partial charge in [-0.2, -0.15) is 0 Å². The number of para-hydroxylation sites is 1. The minimum Gasteiger partial charge on any atom is -0.496 e. The molecule has 18 heavy (non-hydrogen) atoms. The van der Waals surface area contributed by atoms with Gasteiger partial charge in [-0.3, -0.25) is 0 Å². The van der Waals surface area contributed by atoms with E-state index in [1.54, 1.807) is 7.11 Å². The Hall–Kier alpha value is -1.06. The average Bonchev–Trinajstić information content (AvgIpc) is 2.40. The molecule has 1 atom stereocenters. The summed E-state index contributed by atoms with van der Waals surface area (Å²) in [6.07, 6.45) is 3.22. The van der Waals surface area contributed by atoms with Crippen molar-refractivity contribution in [3.8, 4) is 5.75 Å². The van der Waals surface area contributed by atoms with E-state index in [4.69, 9.17) is 9.84 Å². The van der Waals surface area contributed by atoms with Gasteiger partial charge in [0, 0.05) is 18.7 Å². The number of hydrogen-bond acceptors (Lipinski definition) is 3. The molecule has 0 aliphatic carbocycles. The Morgan fingerprint density at radius 2 is 2.06 bits per heavy atom. The van der Waals surface area contributed by atoms with Gasteiger partial charge in [0.15, 0.2) is 0 Å². The molecule has 0 radical (unpaired) electrons. The van der Waals surface area contributed by atoms with Crippen LogP contribution in [0.2, 0.25) is 0 Å². The lowest BCUT2D eigenvalue weighted by Crippen LogP contribution is -2.23. The fourth-order valence-corrected chi connectivity index (χ4v) is 2.20. The standard InChI is InChI=1S/C15H25NO2/c1-3-6-13(9-10-17)11-16-12-14-7-4-5-8-15(14)18-2/h4-5,7-8,13,16-17H,3,6,9-12H2,1-2H3. The molecule has 1 rings (SSSR count). The molecule has 1 unspecified atom stereocenters. The van der Waals surface area contributed by atoms with Crippen molar-refractivity contribution in [2.24, 2.45) is 5.92 Å². The molecule has 0 saturated heterocycles. The second-order valence-corrected chi connectivity index (χ2v) is 4.61. The Labute approximate surface area is 110 Å². The molecular weight excluding hydrogens is 226 g/mol. The van der Waals surface area contributed by atoms with Crippen molar-refractivity contribution in [3.05, 3.63) is 29.8 Å². The topological polar surface area (TPSA) is 41.5 Å². The molecule has 3 heteroatoms. The molecule has 102 valence electrons. The fourth-order valence-electron chi connectivity index (χ4n) is 2.20. The third kappa shape index (κ3) is 5.07. The number of hydrogen-bond donors (Lipinski definition) is 2. The van der Waals surface area contributed by atoms with Crippen LogP contribution in [0.3, 0.4) is 0 Å². The van der Waals surface area contributed by atoms with Gasteiger partial charge in [0.05, 0.1) is 7.11 Å². The van der Waals surface area contributed by atoms with Gasteiger partial charge >= 0.3 is 0 Å². The molecule has 0 heterocycles. The van der Waals surface area contributed by atoms with Crippen LogP contribution < -0.4 is 10.1 Å². The number of rotatable bonds is 9. The highest BCUT2D eigenvalue weighted by Gasteiger charge is 2.07. The van der Waals surface area contributed by atoms with E-state index in [2.05, 4.69) is 18.3 Å². The van der Waals surface area contributed by atoms with Crippen LogP contribution in [0.4, 0.5) is 0 Å². The summed E-state index contributed by atoms with van der Waals surface area (Å²) in [4.78, 5) is 0. The van der Waals surface area contributed by atoms with E-state index in [0.717, 1.165) is 25.3 Å². The van der Waals surface area contributed by atoms with Crippen LogP contribution in [0.1, 0.15) is 31.7 Å². The highest BCUT2D eigenvalue weighted by Crippen LogP contribution is 2.17. The summed E-state index contributed by atoms with van der Waals surface area (Å²) in [5, 5.41) is 12.5. The first-order valence-electron chi connectivity index (χ1n) is 6.75. The number of benzene rings is 1. The van der Waals surface area contributed by atoms with Gasteiger partial charge in [-0.1, -0.05) is 31.5 Å². The average molecular weight is 251 g/mol. The number of aliphatic hydroxyl groups excluding tert-OH is 1. The van der Waals surface area contributed by atoms with Crippen LogP contribution in [0.15, 0.2) is 24.3 Å². The summed E-state index contributed by atoms with van der Waals surface area (Å²) in [5.74, 6) is 1.49. The first-order valence-corrected chi connectivity index (χ1v) is 6.75. The maximum absolute atomic E-state index is 9.01. The van der Waals surface area contributed by atoms with Crippen molar-refractivity contribution in [3.63, 3.8) is 0 Å². The van der Waals surface area contributed by atoms with Crippen LogP contribution in [-0.2, 0) is 6.54 Å². The maximum Gasteiger partial charge on any atom is 0.123 e. The van der Waals surface area contributed by atoms with Gasteiger partial charge < -0.3 is 15.2 Å². The third-order valence-corrected chi connectivity index (χ3v) is 3.18. The molecule has 0 saturated carbocycles. The smallest absolute Gasteiger partial charge is 0.123 e. The van der Waals surface area contributed by atoms with Gasteiger partial charge in [0.25, 0.3) is 0 Å². The molecule has 0 fully saturated rings. The first-order chi connectivity index (χ1) is 8.81. The number of methoxy groups -OCH3 is 1. The highest BCUT2D eigenvalue weighted by molar-refractivity contribution is 5.32. The number of nitrogens with one attached hydrogen (secondary N) is 1. The monoisotopic (exact) mass is 251 g/mol. The molecular formula is C15H25NO2. The van der Waals surface area contributed by atoms with Gasteiger partial charge in [-0.15, -0.1) is 0 Å². The van der Waals surface area contributed by atoms with Crippen LogP contribution in [0, 0.1) is 5.92 Å².